The number of hydrogen-bond donors (Lipinski definition) is 2. The Morgan fingerprint density at radius 3 is 2.13 bits per heavy atom. The van der Waals surface area contributed by atoms with Gasteiger partial charge in [0.2, 0.25) is 5.91 Å². The third-order valence-corrected chi connectivity index (χ3v) is 5.20. The molecule has 7 heteroatoms. The van der Waals surface area contributed by atoms with E-state index in [0.717, 1.165) is 5.56 Å². The number of hydroxylamine groups is 1. The van der Waals surface area contributed by atoms with E-state index in [1.165, 1.54) is 5.06 Å². The Bertz CT molecular complexity index is 1040. The van der Waals surface area contributed by atoms with E-state index in [4.69, 9.17) is 9.57 Å². The van der Waals surface area contributed by atoms with Gasteiger partial charge in [-0.1, -0.05) is 48.5 Å². The van der Waals surface area contributed by atoms with Crippen LogP contribution in [0.15, 0.2) is 84.9 Å². The van der Waals surface area contributed by atoms with Crippen molar-refractivity contribution in [3.63, 3.8) is 0 Å². The van der Waals surface area contributed by atoms with Crippen molar-refractivity contribution in [3.05, 3.63) is 90.5 Å². The number of anilines is 2. The summed E-state index contributed by atoms with van der Waals surface area (Å²) in [6, 6.07) is 24.7. The van der Waals surface area contributed by atoms with E-state index in [9.17, 15) is 14.7 Å². The number of ether oxygens (including phenoxy) is 1. The summed E-state index contributed by atoms with van der Waals surface area (Å²) in [7, 11) is 1.56. The van der Waals surface area contributed by atoms with Crippen LogP contribution in [0.2, 0.25) is 0 Å². The first-order valence-electron chi connectivity index (χ1n) is 9.82. The second-order valence-corrected chi connectivity index (χ2v) is 7.12. The predicted molar refractivity (Wildman–Crippen MR) is 116 cm³/mol. The summed E-state index contributed by atoms with van der Waals surface area (Å²) in [4.78, 5) is 31.2. The fraction of sp³-hybridized carbons (Fsp3) is 0.167. The van der Waals surface area contributed by atoms with Crippen LogP contribution in [0.1, 0.15) is 11.6 Å². The normalized spacial score (nSPS) is 20.3. The molecule has 1 heterocycles. The van der Waals surface area contributed by atoms with Crippen LogP contribution in [0.25, 0.3) is 0 Å². The van der Waals surface area contributed by atoms with Gasteiger partial charge in [0.1, 0.15) is 11.7 Å². The lowest BCUT2D eigenvalue weighted by Gasteiger charge is -2.27. The number of aliphatic carboxylic acids is 1. The molecule has 31 heavy (non-hydrogen) atoms. The number of hydrogen-bond acceptors (Lipinski definition) is 5. The summed E-state index contributed by atoms with van der Waals surface area (Å²) in [5.74, 6) is -1.97. The van der Waals surface area contributed by atoms with Crippen molar-refractivity contribution in [2.75, 3.05) is 17.5 Å². The maximum Gasteiger partial charge on any atom is 0.336 e. The average molecular weight is 418 g/mol. The fourth-order valence-electron chi connectivity index (χ4n) is 3.73. The van der Waals surface area contributed by atoms with Crippen molar-refractivity contribution in [1.82, 2.24) is 0 Å². The van der Waals surface area contributed by atoms with Crippen molar-refractivity contribution in [2.24, 2.45) is 5.92 Å². The number of nitrogens with one attached hydrogen (secondary N) is 1. The number of nitrogens with zero attached hydrogens (tertiary/aromatic N) is 1. The maximum absolute atomic E-state index is 13.3. The summed E-state index contributed by atoms with van der Waals surface area (Å²) in [5.41, 5.74) is 1.99. The lowest BCUT2D eigenvalue weighted by molar-refractivity contribution is -0.151. The zero-order valence-corrected chi connectivity index (χ0v) is 16.8. The van der Waals surface area contributed by atoms with Crippen molar-refractivity contribution in [1.29, 1.82) is 0 Å². The van der Waals surface area contributed by atoms with E-state index < -0.39 is 29.9 Å². The minimum absolute atomic E-state index is 0.440. The Kier molecular flexibility index (Phi) is 5.86. The molecule has 1 fully saturated rings. The number of carbonyl (C=O) groups is 2. The minimum atomic E-state index is -1.34. The lowest BCUT2D eigenvalue weighted by Crippen LogP contribution is -2.37. The van der Waals surface area contributed by atoms with E-state index in [2.05, 4.69) is 5.32 Å². The molecule has 3 aromatic rings. The zero-order valence-electron chi connectivity index (χ0n) is 16.8. The van der Waals surface area contributed by atoms with Crippen LogP contribution in [-0.4, -0.2) is 30.2 Å². The van der Waals surface area contributed by atoms with Gasteiger partial charge in [-0.25, -0.2) is 9.86 Å². The number of carboxylic acid groups (broad SMARTS) is 1. The van der Waals surface area contributed by atoms with E-state index in [-0.39, 0.29) is 0 Å². The highest BCUT2D eigenvalue weighted by atomic mass is 16.7. The fourth-order valence-corrected chi connectivity index (χ4v) is 3.73. The number of benzene rings is 3. The Balaban J connectivity index is 1.72. The van der Waals surface area contributed by atoms with Crippen LogP contribution in [-0.2, 0) is 14.4 Å². The van der Waals surface area contributed by atoms with Crippen molar-refractivity contribution < 1.29 is 24.3 Å². The Hall–Kier alpha value is -3.84. The first kappa shape index (κ1) is 20.4. The molecule has 2 N–H and O–H groups in total. The molecule has 3 aromatic carbocycles. The quantitative estimate of drug-likeness (QED) is 0.631. The largest absolute Gasteiger partial charge is 0.497 e. The Morgan fingerprint density at radius 2 is 1.55 bits per heavy atom. The monoisotopic (exact) mass is 418 g/mol. The van der Waals surface area contributed by atoms with Gasteiger partial charge in [0.15, 0.2) is 6.10 Å². The van der Waals surface area contributed by atoms with Crippen LogP contribution >= 0.6 is 0 Å². The molecule has 0 saturated carbocycles. The van der Waals surface area contributed by atoms with Gasteiger partial charge in [0.25, 0.3) is 0 Å². The second kappa shape index (κ2) is 8.89. The van der Waals surface area contributed by atoms with Crippen molar-refractivity contribution in [2.45, 2.75) is 12.1 Å². The average Bonchev–Trinajstić information content (AvgIpc) is 3.22. The third kappa shape index (κ3) is 4.22. The number of carboxylic acids is 1. The molecule has 3 atom stereocenters. The van der Waals surface area contributed by atoms with E-state index in [1.54, 1.807) is 31.4 Å². The Labute approximate surface area is 179 Å². The highest BCUT2D eigenvalue weighted by Gasteiger charge is 2.52. The Morgan fingerprint density at radius 1 is 0.935 bits per heavy atom. The van der Waals surface area contributed by atoms with Crippen LogP contribution in [0, 0.1) is 5.92 Å². The second-order valence-electron chi connectivity index (χ2n) is 7.12. The number of amides is 1. The molecule has 0 aliphatic carbocycles. The van der Waals surface area contributed by atoms with Crippen molar-refractivity contribution >= 4 is 23.3 Å². The molecule has 7 nitrogen and oxygen atoms in total. The van der Waals surface area contributed by atoms with Gasteiger partial charge >= 0.3 is 5.97 Å². The van der Waals surface area contributed by atoms with Gasteiger partial charge in [-0.05, 0) is 42.0 Å². The summed E-state index contributed by atoms with van der Waals surface area (Å²) in [6.45, 7) is 0. The van der Waals surface area contributed by atoms with E-state index >= 15 is 0 Å². The van der Waals surface area contributed by atoms with Gasteiger partial charge in [-0.2, -0.15) is 0 Å². The maximum atomic E-state index is 13.3. The molecule has 0 radical (unpaired) electrons. The van der Waals surface area contributed by atoms with Crippen LogP contribution in [0.4, 0.5) is 11.4 Å². The summed E-state index contributed by atoms with van der Waals surface area (Å²) in [5, 5.41) is 14.2. The molecule has 1 saturated heterocycles. The number of para-hydroxylation sites is 1. The van der Waals surface area contributed by atoms with Gasteiger partial charge in [-0.15, -0.1) is 0 Å². The van der Waals surface area contributed by atoms with Gasteiger partial charge in [0, 0.05) is 5.69 Å². The number of carbonyl (C=O) groups excluding carboxylic acids is 1. The molecule has 0 spiro atoms. The molecule has 158 valence electrons. The molecule has 4 rings (SSSR count). The first-order valence-corrected chi connectivity index (χ1v) is 9.82. The van der Waals surface area contributed by atoms with E-state index in [0.29, 0.717) is 17.1 Å². The molecule has 1 aliphatic rings. The highest BCUT2D eigenvalue weighted by molar-refractivity contribution is 5.97. The smallest absolute Gasteiger partial charge is 0.336 e. The number of rotatable bonds is 6. The van der Waals surface area contributed by atoms with Crippen LogP contribution < -0.4 is 15.1 Å². The molecule has 1 amide bonds. The predicted octanol–water partition coefficient (Wildman–Crippen LogP) is 3.90. The molecule has 0 aromatic heterocycles. The van der Waals surface area contributed by atoms with Crippen LogP contribution in [0.5, 0.6) is 5.75 Å². The molecular weight excluding hydrogens is 396 g/mol. The van der Waals surface area contributed by atoms with Crippen molar-refractivity contribution in [3.8, 4) is 5.75 Å². The lowest BCUT2D eigenvalue weighted by atomic mass is 9.88. The minimum Gasteiger partial charge on any atom is -0.497 e. The standard InChI is InChI=1S/C24H22N2O5/c1-30-19-14-12-17(13-15-19)25-23(27)20-21(16-8-4-2-5-9-16)26(31-22(20)24(28)29)18-10-6-3-7-11-18/h2-15,20-22H,1H3,(H,25,27)(H,28,29)/t20-,21+,22-/m0/s1. The third-order valence-electron chi connectivity index (χ3n) is 5.20. The zero-order chi connectivity index (χ0) is 21.8. The summed E-state index contributed by atoms with van der Waals surface area (Å²) >= 11 is 0. The van der Waals surface area contributed by atoms with Gasteiger partial charge in [-0.3, -0.25) is 9.63 Å². The number of methoxy groups -OCH3 is 1. The molecule has 1 aliphatic heterocycles. The topological polar surface area (TPSA) is 88.1 Å². The molecular formula is C24H22N2O5. The molecule has 0 bridgehead atoms. The SMILES string of the molecule is COc1ccc(NC(=O)[C@@H]2[C@@H](C(=O)O)ON(c3ccccc3)[C@@H]2c2ccccc2)cc1. The summed E-state index contributed by atoms with van der Waals surface area (Å²) in [6.07, 6.45) is -1.34. The van der Waals surface area contributed by atoms with Gasteiger partial charge in [0.05, 0.1) is 18.8 Å². The van der Waals surface area contributed by atoms with Gasteiger partial charge < -0.3 is 15.2 Å². The summed E-state index contributed by atoms with van der Waals surface area (Å²) < 4.78 is 5.14. The first-order chi connectivity index (χ1) is 15.1. The van der Waals surface area contributed by atoms with E-state index in [1.807, 2.05) is 60.7 Å². The van der Waals surface area contributed by atoms with Crippen LogP contribution in [0.3, 0.4) is 0 Å². The molecule has 0 unspecified atom stereocenters. The highest BCUT2D eigenvalue weighted by Crippen LogP contribution is 2.43.